The van der Waals surface area contributed by atoms with Crippen molar-refractivity contribution in [3.63, 3.8) is 0 Å². The summed E-state index contributed by atoms with van der Waals surface area (Å²) in [4.78, 5) is 4.26. The summed E-state index contributed by atoms with van der Waals surface area (Å²) in [5, 5.41) is 16.8. The summed E-state index contributed by atoms with van der Waals surface area (Å²) in [5.74, 6) is 0. The minimum atomic E-state index is -3.67. The fraction of sp³-hybridized carbons (Fsp3) is 0.273. The van der Waals surface area contributed by atoms with Gasteiger partial charge in [0.2, 0.25) is 10.0 Å². The number of rotatable bonds is 8. The predicted molar refractivity (Wildman–Crippen MR) is 131 cm³/mol. The number of benzene rings is 2. The van der Waals surface area contributed by atoms with Gasteiger partial charge in [-0.25, -0.2) is 13.1 Å². The molecule has 10 heteroatoms. The van der Waals surface area contributed by atoms with Crippen LogP contribution in [0.15, 0.2) is 66.0 Å². The molecule has 0 amide bonds. The van der Waals surface area contributed by atoms with E-state index < -0.39 is 15.6 Å². The van der Waals surface area contributed by atoms with E-state index in [-0.39, 0.29) is 29.9 Å². The first-order chi connectivity index (χ1) is 14.7. The second kappa shape index (κ2) is 9.78. The summed E-state index contributed by atoms with van der Waals surface area (Å²) < 4.78 is 33.4. The van der Waals surface area contributed by atoms with Crippen molar-refractivity contribution in [1.29, 1.82) is 0 Å². The minimum absolute atomic E-state index is 0. The Balaban J connectivity index is 0.00000289. The Morgan fingerprint density at radius 2 is 1.91 bits per heavy atom. The number of nitrogens with zero attached hydrogens (tertiary/aromatic N) is 2. The molecule has 4 aromatic rings. The maximum Gasteiger partial charge on any atom is 0.240 e. The fourth-order valence-electron chi connectivity index (χ4n) is 3.44. The molecule has 0 aliphatic rings. The van der Waals surface area contributed by atoms with E-state index in [4.69, 9.17) is 0 Å². The van der Waals surface area contributed by atoms with Gasteiger partial charge >= 0.3 is 0 Å². The van der Waals surface area contributed by atoms with Gasteiger partial charge in [-0.15, -0.1) is 12.4 Å². The number of sulfonamides is 1. The van der Waals surface area contributed by atoms with Crippen molar-refractivity contribution in [3.05, 3.63) is 66.6 Å². The summed E-state index contributed by atoms with van der Waals surface area (Å²) in [6, 6.07) is 12.2. The molecule has 0 radical (unpaired) electrons. The lowest BCUT2D eigenvalue weighted by molar-refractivity contribution is 0.0570. The van der Waals surface area contributed by atoms with Crippen molar-refractivity contribution < 1.29 is 13.5 Å². The van der Waals surface area contributed by atoms with Crippen LogP contribution in [0.4, 0.5) is 0 Å². The molecule has 2 heterocycles. The number of fused-ring (bicyclic) bond motifs is 2. The number of hydrogen-bond acceptors (Lipinski definition) is 7. The number of aliphatic hydroxyl groups is 1. The zero-order valence-electron chi connectivity index (χ0n) is 17.6. The van der Waals surface area contributed by atoms with Crippen molar-refractivity contribution in [3.8, 4) is 0 Å². The molecule has 0 aliphatic carbocycles. The molecular formula is C22H25ClN4O3S2. The highest BCUT2D eigenvalue weighted by molar-refractivity contribution is 7.89. The van der Waals surface area contributed by atoms with Crippen molar-refractivity contribution >= 4 is 54.8 Å². The van der Waals surface area contributed by atoms with Gasteiger partial charge in [0, 0.05) is 48.5 Å². The van der Waals surface area contributed by atoms with Crippen molar-refractivity contribution in [2.24, 2.45) is 0 Å². The van der Waals surface area contributed by atoms with Crippen LogP contribution in [0.2, 0.25) is 0 Å². The van der Waals surface area contributed by atoms with Crippen LogP contribution in [0.5, 0.6) is 0 Å². The fourth-order valence-corrected chi connectivity index (χ4v) is 5.35. The standard InChI is InChI=1S/C22H24N4O3S2.ClH/c1-15(26-31(28,29)20-5-3-17-12-23-8-7-16(17)10-20)11-24-14-22(2,27)19-4-6-21-18(9-19)13-25-30-21;/h3-10,12-13,15,24,26-27H,11,14H2,1-2H3;1H/t15-,22?;/m1./s1. The third kappa shape index (κ3) is 5.43. The molecule has 7 nitrogen and oxygen atoms in total. The molecule has 0 aliphatic heterocycles. The molecule has 2 aromatic carbocycles. The van der Waals surface area contributed by atoms with E-state index in [0.717, 1.165) is 26.4 Å². The van der Waals surface area contributed by atoms with Gasteiger partial charge in [0.05, 0.1) is 15.2 Å². The largest absolute Gasteiger partial charge is 0.384 e. The van der Waals surface area contributed by atoms with Gasteiger partial charge < -0.3 is 10.4 Å². The van der Waals surface area contributed by atoms with Crippen molar-refractivity contribution in [2.75, 3.05) is 13.1 Å². The topological polar surface area (TPSA) is 104 Å². The maximum absolute atomic E-state index is 12.8. The summed E-state index contributed by atoms with van der Waals surface area (Å²) in [7, 11) is -3.67. The average molecular weight is 493 g/mol. The van der Waals surface area contributed by atoms with Crippen LogP contribution in [0.3, 0.4) is 0 Å². The van der Waals surface area contributed by atoms with Gasteiger partial charge in [0.15, 0.2) is 0 Å². The van der Waals surface area contributed by atoms with Gasteiger partial charge in [-0.2, -0.15) is 4.37 Å². The molecule has 0 spiro atoms. The molecule has 4 rings (SSSR count). The van der Waals surface area contributed by atoms with Crippen LogP contribution in [-0.2, 0) is 15.6 Å². The highest BCUT2D eigenvalue weighted by atomic mass is 35.5. The third-order valence-electron chi connectivity index (χ3n) is 5.17. The number of pyridine rings is 1. The number of hydrogen-bond donors (Lipinski definition) is 3. The molecule has 170 valence electrons. The van der Waals surface area contributed by atoms with Gasteiger partial charge in [-0.05, 0) is 66.7 Å². The molecule has 0 fully saturated rings. The lowest BCUT2D eigenvalue weighted by Gasteiger charge is -2.25. The summed E-state index contributed by atoms with van der Waals surface area (Å²) in [6.45, 7) is 4.17. The van der Waals surface area contributed by atoms with Crippen LogP contribution in [-0.4, -0.2) is 42.0 Å². The Morgan fingerprint density at radius 1 is 1.09 bits per heavy atom. The molecular weight excluding hydrogens is 468 g/mol. The van der Waals surface area contributed by atoms with Crippen LogP contribution < -0.4 is 10.0 Å². The first-order valence-electron chi connectivity index (χ1n) is 9.89. The Bertz CT molecular complexity index is 1330. The Hall–Kier alpha value is -2.14. The van der Waals surface area contributed by atoms with Gasteiger partial charge in [-0.3, -0.25) is 4.98 Å². The number of nitrogens with one attached hydrogen (secondary N) is 2. The summed E-state index contributed by atoms with van der Waals surface area (Å²) in [6.07, 6.45) is 5.12. The zero-order chi connectivity index (χ0) is 22.1. The van der Waals surface area contributed by atoms with Crippen LogP contribution in [0.25, 0.3) is 20.9 Å². The van der Waals surface area contributed by atoms with E-state index in [2.05, 4.69) is 19.4 Å². The van der Waals surface area contributed by atoms with E-state index in [0.29, 0.717) is 6.54 Å². The summed E-state index contributed by atoms with van der Waals surface area (Å²) >= 11 is 1.42. The van der Waals surface area contributed by atoms with Crippen LogP contribution in [0, 0.1) is 0 Å². The molecule has 2 aromatic heterocycles. The van der Waals surface area contributed by atoms with Crippen LogP contribution in [0.1, 0.15) is 19.4 Å². The number of aromatic nitrogens is 2. The molecule has 1 unspecified atom stereocenters. The molecule has 32 heavy (non-hydrogen) atoms. The Kier molecular flexibility index (Phi) is 7.49. The lowest BCUT2D eigenvalue weighted by atomic mass is 9.95. The van der Waals surface area contributed by atoms with Crippen molar-refractivity contribution in [2.45, 2.75) is 30.4 Å². The first-order valence-corrected chi connectivity index (χ1v) is 12.1. The third-order valence-corrected chi connectivity index (χ3v) is 7.54. The van der Waals surface area contributed by atoms with Crippen molar-refractivity contribution in [1.82, 2.24) is 19.4 Å². The van der Waals surface area contributed by atoms with Gasteiger partial charge in [0.25, 0.3) is 0 Å². The Labute approximate surface area is 197 Å². The SMILES string of the molecule is C[C@H](CNCC(C)(O)c1ccc2sncc2c1)NS(=O)(=O)c1ccc2cnccc2c1.Cl. The smallest absolute Gasteiger partial charge is 0.240 e. The normalized spacial score (nSPS) is 14.7. The average Bonchev–Trinajstić information content (AvgIpc) is 3.21. The minimum Gasteiger partial charge on any atom is -0.384 e. The van der Waals surface area contributed by atoms with E-state index in [1.54, 1.807) is 56.7 Å². The second-order valence-corrected chi connectivity index (χ2v) is 10.4. The van der Waals surface area contributed by atoms with E-state index in [1.165, 1.54) is 11.5 Å². The highest BCUT2D eigenvalue weighted by Crippen LogP contribution is 2.26. The van der Waals surface area contributed by atoms with Gasteiger partial charge in [-0.1, -0.05) is 12.1 Å². The number of halogens is 1. The molecule has 2 atom stereocenters. The molecule has 3 N–H and O–H groups in total. The van der Waals surface area contributed by atoms with Crippen LogP contribution >= 0.6 is 23.9 Å². The van der Waals surface area contributed by atoms with Gasteiger partial charge in [0.1, 0.15) is 0 Å². The predicted octanol–water partition coefficient (Wildman–Crippen LogP) is 3.43. The molecule has 0 saturated heterocycles. The van der Waals surface area contributed by atoms with E-state index in [9.17, 15) is 13.5 Å². The van der Waals surface area contributed by atoms with E-state index in [1.807, 2.05) is 18.2 Å². The molecule has 0 saturated carbocycles. The quantitative estimate of drug-likeness (QED) is 0.348. The second-order valence-electron chi connectivity index (χ2n) is 7.89. The first kappa shape index (κ1) is 24.5. The zero-order valence-corrected chi connectivity index (χ0v) is 20.1. The van der Waals surface area contributed by atoms with E-state index >= 15 is 0 Å². The monoisotopic (exact) mass is 492 g/mol. The summed E-state index contributed by atoms with van der Waals surface area (Å²) in [5.41, 5.74) is -0.312. The maximum atomic E-state index is 12.8. The Morgan fingerprint density at radius 3 is 2.72 bits per heavy atom. The lowest BCUT2D eigenvalue weighted by Crippen LogP contribution is -2.44. The highest BCUT2D eigenvalue weighted by Gasteiger charge is 2.24. The molecule has 0 bridgehead atoms.